The molecule has 118 valence electrons. The Balaban J connectivity index is 2.14. The highest BCUT2D eigenvalue weighted by atomic mass is 16.4. The Labute approximate surface area is 135 Å². The van der Waals surface area contributed by atoms with E-state index in [1.807, 2.05) is 18.2 Å². The second-order valence-electron chi connectivity index (χ2n) is 5.92. The number of aromatic nitrogens is 2. The number of H-pyrrole nitrogens is 1. The summed E-state index contributed by atoms with van der Waals surface area (Å²) in [7, 11) is 0. The van der Waals surface area contributed by atoms with E-state index >= 15 is 0 Å². The fourth-order valence-corrected chi connectivity index (χ4v) is 3.19. The van der Waals surface area contributed by atoms with Gasteiger partial charge in [0.25, 0.3) is 0 Å². The van der Waals surface area contributed by atoms with E-state index in [0.29, 0.717) is 12.8 Å². The maximum Gasteiger partial charge on any atom is 0.0867 e. The van der Waals surface area contributed by atoms with Crippen LogP contribution < -0.4 is 5.11 Å². The molecule has 3 rings (SSSR count). The van der Waals surface area contributed by atoms with Gasteiger partial charge in [0.05, 0.1) is 11.4 Å². The lowest BCUT2D eigenvalue weighted by Crippen LogP contribution is -2.21. The Kier molecular flexibility index (Phi) is 4.15. The molecule has 0 radical (unpaired) electrons. The number of nitrogens with one attached hydrogen (secondary N) is 1. The highest BCUT2D eigenvalue weighted by Crippen LogP contribution is 2.33. The third-order valence-electron chi connectivity index (χ3n) is 4.07. The molecule has 2 aromatic heterocycles. The number of fused-ring (bicyclic) bond motifs is 1. The lowest BCUT2D eigenvalue weighted by atomic mass is 9.98. The maximum atomic E-state index is 10.7. The number of pyridine rings is 1. The number of carboxylic acid groups (broad SMARTS) is 1. The van der Waals surface area contributed by atoms with Crippen molar-refractivity contribution in [1.29, 1.82) is 0 Å². The van der Waals surface area contributed by atoms with Crippen molar-refractivity contribution in [3.63, 3.8) is 0 Å². The van der Waals surface area contributed by atoms with Crippen LogP contribution >= 0.6 is 0 Å². The third-order valence-corrected chi connectivity index (χ3v) is 4.07. The first kappa shape index (κ1) is 15.3. The lowest BCUT2D eigenvalue weighted by Gasteiger charge is -2.07. The van der Waals surface area contributed by atoms with Crippen molar-refractivity contribution in [2.45, 2.75) is 33.1 Å². The van der Waals surface area contributed by atoms with Crippen molar-refractivity contribution in [3.05, 3.63) is 53.2 Å². The van der Waals surface area contributed by atoms with Crippen molar-refractivity contribution in [2.75, 3.05) is 0 Å². The zero-order valence-corrected chi connectivity index (χ0v) is 13.3. The molecule has 1 N–H and O–H groups in total. The number of aryl methyl sites for hydroxylation is 3. The fraction of sp³-hybridized carbons (Fsp3) is 0.263. The first-order valence-electron chi connectivity index (χ1n) is 7.79. The van der Waals surface area contributed by atoms with E-state index in [2.05, 4.69) is 35.9 Å². The summed E-state index contributed by atoms with van der Waals surface area (Å²) < 4.78 is 0. The molecule has 2 heterocycles. The largest absolute Gasteiger partial charge is 0.550 e. The number of hydrogen-bond donors (Lipinski definition) is 1. The Bertz CT molecular complexity index is 851. The Morgan fingerprint density at radius 1 is 1.26 bits per heavy atom. The number of aliphatic carboxylic acids is 1. The van der Waals surface area contributed by atoms with E-state index in [1.54, 1.807) is 6.20 Å². The van der Waals surface area contributed by atoms with Crippen molar-refractivity contribution in [1.82, 2.24) is 9.97 Å². The van der Waals surface area contributed by atoms with Crippen molar-refractivity contribution in [2.24, 2.45) is 0 Å². The summed E-state index contributed by atoms with van der Waals surface area (Å²) in [5.74, 6) is -1.00. The molecule has 0 bridgehead atoms. The SMILES string of the molecule is Cc1cc(C)c2c(CCCC(=O)[O-])c(-c3ccccn3)[nH]c2c1. The zero-order valence-electron chi connectivity index (χ0n) is 13.3. The van der Waals surface area contributed by atoms with Gasteiger partial charge in [0, 0.05) is 23.1 Å². The summed E-state index contributed by atoms with van der Waals surface area (Å²) in [6.07, 6.45) is 3.08. The van der Waals surface area contributed by atoms with Crippen molar-refractivity contribution >= 4 is 16.9 Å². The number of carboxylic acids is 1. The molecular weight excluding hydrogens is 288 g/mol. The molecule has 0 aliphatic carbocycles. The van der Waals surface area contributed by atoms with Crippen LogP contribution in [0, 0.1) is 13.8 Å². The summed E-state index contributed by atoms with van der Waals surface area (Å²) in [5.41, 5.74) is 6.47. The van der Waals surface area contributed by atoms with E-state index in [4.69, 9.17) is 0 Å². The van der Waals surface area contributed by atoms with Crippen LogP contribution in [0.4, 0.5) is 0 Å². The van der Waals surface area contributed by atoms with Gasteiger partial charge < -0.3 is 14.9 Å². The minimum Gasteiger partial charge on any atom is -0.550 e. The molecule has 1 aromatic carbocycles. The van der Waals surface area contributed by atoms with Crippen LogP contribution in [0.1, 0.15) is 29.5 Å². The second-order valence-corrected chi connectivity index (χ2v) is 5.92. The lowest BCUT2D eigenvalue weighted by molar-refractivity contribution is -0.305. The summed E-state index contributed by atoms with van der Waals surface area (Å²) in [6, 6.07) is 10.1. The molecule has 0 fully saturated rings. The minimum atomic E-state index is -1.00. The summed E-state index contributed by atoms with van der Waals surface area (Å²) in [5, 5.41) is 11.9. The Hall–Kier alpha value is -2.62. The van der Waals surface area contributed by atoms with Crippen LogP contribution in [0.3, 0.4) is 0 Å². The highest BCUT2D eigenvalue weighted by molar-refractivity contribution is 5.93. The Morgan fingerprint density at radius 2 is 2.09 bits per heavy atom. The summed E-state index contributed by atoms with van der Waals surface area (Å²) in [4.78, 5) is 18.6. The van der Waals surface area contributed by atoms with Crippen LogP contribution in [0.25, 0.3) is 22.3 Å². The molecule has 0 saturated heterocycles. The molecule has 0 aliphatic heterocycles. The van der Waals surface area contributed by atoms with Crippen LogP contribution in [-0.2, 0) is 11.2 Å². The standard InChI is InChI=1S/C19H20N2O2/c1-12-10-13(2)18-14(6-5-8-17(22)23)19(21-16(18)11-12)15-7-3-4-9-20-15/h3-4,7,9-11,21H,5-6,8H2,1-2H3,(H,22,23)/p-1. The van der Waals surface area contributed by atoms with E-state index in [-0.39, 0.29) is 6.42 Å². The highest BCUT2D eigenvalue weighted by Gasteiger charge is 2.15. The molecule has 23 heavy (non-hydrogen) atoms. The minimum absolute atomic E-state index is 0.0687. The molecule has 0 spiro atoms. The average Bonchev–Trinajstić information content (AvgIpc) is 2.86. The first-order valence-corrected chi connectivity index (χ1v) is 7.79. The number of rotatable bonds is 5. The number of benzene rings is 1. The zero-order chi connectivity index (χ0) is 16.4. The van der Waals surface area contributed by atoms with E-state index in [1.165, 1.54) is 16.5 Å². The number of carbonyl (C=O) groups is 1. The maximum absolute atomic E-state index is 10.7. The molecule has 0 atom stereocenters. The van der Waals surface area contributed by atoms with Gasteiger partial charge in [0.15, 0.2) is 0 Å². The second kappa shape index (κ2) is 6.24. The van der Waals surface area contributed by atoms with Gasteiger partial charge in [-0.1, -0.05) is 12.1 Å². The predicted octanol–water partition coefficient (Wildman–Crippen LogP) is 2.92. The van der Waals surface area contributed by atoms with Gasteiger partial charge in [0.1, 0.15) is 0 Å². The Morgan fingerprint density at radius 3 is 2.78 bits per heavy atom. The fourth-order valence-electron chi connectivity index (χ4n) is 3.19. The van der Waals surface area contributed by atoms with Crippen LogP contribution in [0.15, 0.2) is 36.5 Å². The molecule has 0 amide bonds. The van der Waals surface area contributed by atoms with Crippen molar-refractivity contribution in [3.8, 4) is 11.4 Å². The van der Waals surface area contributed by atoms with E-state index in [0.717, 1.165) is 22.5 Å². The average molecular weight is 307 g/mol. The van der Waals surface area contributed by atoms with Gasteiger partial charge in [-0.15, -0.1) is 0 Å². The molecule has 4 heteroatoms. The topological polar surface area (TPSA) is 68.8 Å². The van der Waals surface area contributed by atoms with Crippen LogP contribution in [-0.4, -0.2) is 15.9 Å². The molecule has 0 unspecified atom stereocenters. The van der Waals surface area contributed by atoms with Gasteiger partial charge in [0.2, 0.25) is 0 Å². The van der Waals surface area contributed by atoms with Crippen LogP contribution in [0.5, 0.6) is 0 Å². The first-order chi connectivity index (χ1) is 11.1. The summed E-state index contributed by atoms with van der Waals surface area (Å²) in [6.45, 7) is 4.16. The normalized spacial score (nSPS) is 11.0. The van der Waals surface area contributed by atoms with E-state index in [9.17, 15) is 9.90 Å². The predicted molar refractivity (Wildman–Crippen MR) is 88.9 cm³/mol. The number of hydrogen-bond acceptors (Lipinski definition) is 3. The number of carbonyl (C=O) groups excluding carboxylic acids is 1. The quantitative estimate of drug-likeness (QED) is 0.788. The molecular formula is C19H19N2O2-. The van der Waals surface area contributed by atoms with Crippen LogP contribution in [0.2, 0.25) is 0 Å². The van der Waals surface area contributed by atoms with Gasteiger partial charge in [-0.2, -0.15) is 0 Å². The smallest absolute Gasteiger partial charge is 0.0867 e. The molecule has 0 aliphatic rings. The molecule has 0 saturated carbocycles. The third kappa shape index (κ3) is 3.11. The van der Waals surface area contributed by atoms with Gasteiger partial charge in [-0.3, -0.25) is 4.98 Å². The molecule has 3 aromatic rings. The molecule has 4 nitrogen and oxygen atoms in total. The van der Waals surface area contributed by atoms with Gasteiger partial charge in [-0.25, -0.2) is 0 Å². The van der Waals surface area contributed by atoms with Gasteiger partial charge in [-0.05, 0) is 68.0 Å². The monoisotopic (exact) mass is 307 g/mol. The summed E-state index contributed by atoms with van der Waals surface area (Å²) >= 11 is 0. The van der Waals surface area contributed by atoms with E-state index < -0.39 is 5.97 Å². The number of aromatic amines is 1. The van der Waals surface area contributed by atoms with Gasteiger partial charge >= 0.3 is 0 Å². The number of nitrogens with zero attached hydrogens (tertiary/aromatic N) is 1. The van der Waals surface area contributed by atoms with Crippen molar-refractivity contribution < 1.29 is 9.90 Å².